The Morgan fingerprint density at radius 2 is 1.90 bits per heavy atom. The Morgan fingerprint density at radius 3 is 2.50 bits per heavy atom. The molecular weight excluding hydrogens is 423 g/mol. The van der Waals surface area contributed by atoms with Gasteiger partial charge in [0, 0.05) is 20.0 Å². The van der Waals surface area contributed by atoms with Crippen molar-refractivity contribution in [2.45, 2.75) is 30.0 Å². The van der Waals surface area contributed by atoms with E-state index in [9.17, 15) is 26.4 Å². The number of carboxylic acid groups (broad SMARTS) is 1. The van der Waals surface area contributed by atoms with Crippen LogP contribution in [0.25, 0.3) is 11.1 Å². The second kappa shape index (κ2) is 8.37. The number of nitrogens with zero attached hydrogens (tertiary/aromatic N) is 1. The third kappa shape index (κ3) is 5.38. The lowest BCUT2D eigenvalue weighted by Gasteiger charge is -2.18. The van der Waals surface area contributed by atoms with Gasteiger partial charge in [-0.2, -0.15) is 17.5 Å². The van der Waals surface area contributed by atoms with Crippen LogP contribution in [0.1, 0.15) is 17.5 Å². The molecule has 1 aliphatic heterocycles. The summed E-state index contributed by atoms with van der Waals surface area (Å²) in [6, 6.07) is 9.09. The van der Waals surface area contributed by atoms with E-state index in [0.29, 0.717) is 23.8 Å². The summed E-state index contributed by atoms with van der Waals surface area (Å²) < 4.78 is 72.1. The molecule has 0 aromatic heterocycles. The van der Waals surface area contributed by atoms with Gasteiger partial charge in [-0.3, -0.25) is 4.79 Å². The average molecular weight is 443 g/mol. The van der Waals surface area contributed by atoms with Crippen molar-refractivity contribution in [3.8, 4) is 11.1 Å². The van der Waals surface area contributed by atoms with Gasteiger partial charge in [-0.25, -0.2) is 8.42 Å². The van der Waals surface area contributed by atoms with Crippen molar-refractivity contribution in [2.24, 2.45) is 0 Å². The van der Waals surface area contributed by atoms with Crippen LogP contribution in [-0.2, 0) is 32.2 Å². The Balaban J connectivity index is 2.03. The quantitative estimate of drug-likeness (QED) is 0.632. The van der Waals surface area contributed by atoms with E-state index >= 15 is 0 Å². The summed E-state index contributed by atoms with van der Waals surface area (Å²) in [5.41, 5.74) is -0.00410. The third-order valence-electron chi connectivity index (χ3n) is 4.69. The molecule has 0 saturated carbocycles. The Morgan fingerprint density at radius 1 is 1.20 bits per heavy atom. The molecule has 6 nitrogen and oxygen atoms in total. The lowest BCUT2D eigenvalue weighted by Crippen LogP contribution is -2.30. The third-order valence-corrected chi connectivity index (χ3v) is 6.49. The number of hydrogen-bond acceptors (Lipinski definition) is 4. The number of epoxide rings is 1. The molecule has 0 spiro atoms. The Kier molecular flexibility index (Phi) is 6.21. The number of aliphatic carboxylic acids is 1. The van der Waals surface area contributed by atoms with E-state index in [2.05, 4.69) is 0 Å². The van der Waals surface area contributed by atoms with Gasteiger partial charge >= 0.3 is 12.1 Å². The van der Waals surface area contributed by atoms with Crippen molar-refractivity contribution in [1.82, 2.24) is 4.31 Å². The van der Waals surface area contributed by atoms with Gasteiger partial charge in [-0.05, 0) is 41.3 Å². The minimum absolute atomic E-state index is 0.0542. The first-order valence-corrected chi connectivity index (χ1v) is 10.5. The predicted octanol–water partition coefficient (Wildman–Crippen LogP) is 3.41. The topological polar surface area (TPSA) is 87.2 Å². The number of carboxylic acids is 1. The van der Waals surface area contributed by atoms with Crippen LogP contribution in [0.5, 0.6) is 0 Å². The molecule has 1 atom stereocenters. The van der Waals surface area contributed by atoms with Crippen LogP contribution in [0.15, 0.2) is 47.4 Å². The largest absolute Gasteiger partial charge is 0.481 e. The summed E-state index contributed by atoms with van der Waals surface area (Å²) >= 11 is 0. The number of likely N-dealkylation sites (N-methyl/N-ethyl adjacent to an activating group) is 1. The van der Waals surface area contributed by atoms with E-state index in [4.69, 9.17) is 9.84 Å². The second-order valence-corrected chi connectivity index (χ2v) is 9.12. The number of halogens is 3. The molecule has 2 aromatic carbocycles. The molecule has 0 amide bonds. The lowest BCUT2D eigenvalue weighted by atomic mass is 9.99. The van der Waals surface area contributed by atoms with Crippen LogP contribution < -0.4 is 0 Å². The average Bonchev–Trinajstić information content (AvgIpc) is 3.49. The van der Waals surface area contributed by atoms with Crippen LogP contribution in [0.2, 0.25) is 0 Å². The maximum atomic E-state index is 13.5. The molecule has 0 bridgehead atoms. The summed E-state index contributed by atoms with van der Waals surface area (Å²) in [7, 11) is -2.87. The van der Waals surface area contributed by atoms with Crippen LogP contribution >= 0.6 is 0 Å². The number of aryl methyl sites for hydroxylation is 1. The molecule has 1 heterocycles. The fourth-order valence-electron chi connectivity index (χ4n) is 2.97. The summed E-state index contributed by atoms with van der Waals surface area (Å²) in [6.07, 6.45) is -4.91. The van der Waals surface area contributed by atoms with E-state index in [-0.39, 0.29) is 31.1 Å². The molecule has 162 valence electrons. The van der Waals surface area contributed by atoms with Crippen molar-refractivity contribution < 1.29 is 36.2 Å². The number of rotatable bonds is 8. The number of carbonyl (C=O) groups is 1. The highest BCUT2D eigenvalue weighted by Crippen LogP contribution is 2.35. The van der Waals surface area contributed by atoms with Crippen molar-refractivity contribution >= 4 is 16.0 Å². The number of ether oxygens (including phenoxy) is 1. The van der Waals surface area contributed by atoms with Gasteiger partial charge < -0.3 is 9.84 Å². The number of sulfonamides is 1. The standard InChI is InChI=1S/C20H20F3NO5S/c1-24(11-17-12-29-17)30(27,28)18-9-15(8-16(10-18)20(21,22)23)14-4-2-3-13(7-14)5-6-19(25)26/h2-4,7-10,17H,5-6,11-12H2,1H3,(H,25,26)/t17-/m0/s1. The summed E-state index contributed by atoms with van der Waals surface area (Å²) in [5, 5.41) is 8.83. The van der Waals surface area contributed by atoms with Gasteiger partial charge in [0.2, 0.25) is 10.0 Å². The van der Waals surface area contributed by atoms with Crippen molar-refractivity contribution in [1.29, 1.82) is 0 Å². The van der Waals surface area contributed by atoms with Gasteiger partial charge in [0.05, 0.1) is 23.2 Å². The molecule has 3 rings (SSSR count). The molecule has 30 heavy (non-hydrogen) atoms. The molecule has 10 heteroatoms. The van der Waals surface area contributed by atoms with Gasteiger partial charge in [-0.15, -0.1) is 0 Å². The van der Waals surface area contributed by atoms with Crippen LogP contribution in [-0.4, -0.2) is 50.1 Å². The van der Waals surface area contributed by atoms with E-state index in [1.807, 2.05) is 0 Å². The Labute approximate surface area is 171 Å². The molecule has 0 radical (unpaired) electrons. The van der Waals surface area contributed by atoms with Gasteiger partial charge in [0.25, 0.3) is 0 Å². The Bertz CT molecular complexity index is 1050. The van der Waals surface area contributed by atoms with E-state index in [1.54, 1.807) is 24.3 Å². The first-order valence-electron chi connectivity index (χ1n) is 9.08. The normalized spacial score (nSPS) is 16.6. The van der Waals surface area contributed by atoms with Gasteiger partial charge in [0.1, 0.15) is 0 Å². The molecule has 1 aliphatic rings. The highest BCUT2D eigenvalue weighted by Gasteiger charge is 2.35. The summed E-state index contributed by atoms with van der Waals surface area (Å²) in [6.45, 7) is 0.468. The molecule has 1 fully saturated rings. The molecule has 1 N–H and O–H groups in total. The van der Waals surface area contributed by atoms with Crippen molar-refractivity contribution in [2.75, 3.05) is 20.2 Å². The Hall–Kier alpha value is -2.43. The predicted molar refractivity (Wildman–Crippen MR) is 102 cm³/mol. The monoisotopic (exact) mass is 443 g/mol. The molecule has 1 saturated heterocycles. The molecule has 0 unspecified atom stereocenters. The molecular formula is C20H20F3NO5S. The van der Waals surface area contributed by atoms with E-state index < -0.39 is 32.6 Å². The second-order valence-electron chi connectivity index (χ2n) is 7.08. The molecule has 2 aromatic rings. The number of benzene rings is 2. The zero-order valence-electron chi connectivity index (χ0n) is 16.0. The summed E-state index contributed by atoms with van der Waals surface area (Å²) in [4.78, 5) is 10.3. The highest BCUT2D eigenvalue weighted by atomic mass is 32.2. The van der Waals surface area contributed by atoms with Crippen molar-refractivity contribution in [3.63, 3.8) is 0 Å². The maximum absolute atomic E-state index is 13.5. The highest BCUT2D eigenvalue weighted by molar-refractivity contribution is 7.89. The van der Waals surface area contributed by atoms with Crippen molar-refractivity contribution in [3.05, 3.63) is 53.6 Å². The summed E-state index contributed by atoms with van der Waals surface area (Å²) in [5.74, 6) is -0.990. The number of hydrogen-bond donors (Lipinski definition) is 1. The van der Waals surface area contributed by atoms with Crippen LogP contribution in [0.3, 0.4) is 0 Å². The lowest BCUT2D eigenvalue weighted by molar-refractivity contribution is -0.138. The zero-order chi connectivity index (χ0) is 22.1. The number of alkyl halides is 3. The smallest absolute Gasteiger partial charge is 0.416 e. The first kappa shape index (κ1) is 22.3. The van der Waals surface area contributed by atoms with Crippen LogP contribution in [0, 0.1) is 0 Å². The fourth-order valence-corrected chi connectivity index (χ4v) is 4.25. The van der Waals surface area contributed by atoms with E-state index in [1.165, 1.54) is 13.1 Å². The van der Waals surface area contributed by atoms with E-state index in [0.717, 1.165) is 10.4 Å². The molecule has 0 aliphatic carbocycles. The van der Waals surface area contributed by atoms with Gasteiger partial charge in [0.15, 0.2) is 0 Å². The maximum Gasteiger partial charge on any atom is 0.416 e. The minimum Gasteiger partial charge on any atom is -0.481 e. The first-order chi connectivity index (χ1) is 14.0. The fraction of sp³-hybridized carbons (Fsp3) is 0.350. The van der Waals surface area contributed by atoms with Crippen LogP contribution in [0.4, 0.5) is 13.2 Å². The van der Waals surface area contributed by atoms with Gasteiger partial charge in [-0.1, -0.05) is 24.3 Å². The minimum atomic E-state index is -4.74. The zero-order valence-corrected chi connectivity index (χ0v) is 16.8. The SMILES string of the molecule is CN(C[C@H]1CO1)S(=O)(=O)c1cc(-c2cccc(CCC(=O)O)c2)cc(C(F)(F)F)c1.